The third-order valence-electron chi connectivity index (χ3n) is 2.93. The molecule has 0 saturated carbocycles. The average Bonchev–Trinajstić information content (AvgIpc) is 2.89. The number of carbonyl (C=O) groups is 1. The van der Waals surface area contributed by atoms with Crippen molar-refractivity contribution in [2.75, 3.05) is 33.4 Å². The van der Waals surface area contributed by atoms with Gasteiger partial charge in [-0.15, -0.1) is 0 Å². The van der Waals surface area contributed by atoms with Crippen molar-refractivity contribution in [3.8, 4) is 0 Å². The molecule has 0 fully saturated rings. The Morgan fingerprint density at radius 3 is 2.89 bits per heavy atom. The van der Waals surface area contributed by atoms with Crippen LogP contribution in [0.2, 0.25) is 0 Å². The van der Waals surface area contributed by atoms with Crippen molar-refractivity contribution < 1.29 is 9.53 Å². The van der Waals surface area contributed by atoms with Gasteiger partial charge in [0, 0.05) is 26.7 Å². The lowest BCUT2D eigenvalue weighted by atomic mass is 10.1. The van der Waals surface area contributed by atoms with Gasteiger partial charge in [0.05, 0.1) is 6.61 Å². The molecule has 0 radical (unpaired) electrons. The van der Waals surface area contributed by atoms with Crippen LogP contribution in [0.1, 0.15) is 5.56 Å². The molecule has 4 heteroatoms. The van der Waals surface area contributed by atoms with Gasteiger partial charge in [-0.05, 0) is 11.1 Å². The number of urea groups is 1. The van der Waals surface area contributed by atoms with E-state index in [1.54, 1.807) is 12.0 Å². The summed E-state index contributed by atoms with van der Waals surface area (Å²) in [5, 5.41) is 2.83. The van der Waals surface area contributed by atoms with E-state index in [4.69, 9.17) is 4.74 Å². The molecular formula is C14H18N2O2. The maximum absolute atomic E-state index is 11.8. The fourth-order valence-electron chi connectivity index (χ4n) is 1.94. The molecule has 4 nitrogen and oxygen atoms in total. The van der Waals surface area contributed by atoms with Gasteiger partial charge < -0.3 is 15.0 Å². The Balaban J connectivity index is 1.86. The van der Waals surface area contributed by atoms with E-state index >= 15 is 0 Å². The summed E-state index contributed by atoms with van der Waals surface area (Å²) >= 11 is 0. The monoisotopic (exact) mass is 246 g/mol. The van der Waals surface area contributed by atoms with E-state index in [-0.39, 0.29) is 6.03 Å². The molecular weight excluding hydrogens is 228 g/mol. The summed E-state index contributed by atoms with van der Waals surface area (Å²) in [4.78, 5) is 13.6. The fraction of sp³-hybridized carbons (Fsp3) is 0.357. The van der Waals surface area contributed by atoms with Gasteiger partial charge in [-0.2, -0.15) is 0 Å². The second kappa shape index (κ2) is 6.21. The van der Waals surface area contributed by atoms with Crippen LogP contribution in [-0.4, -0.2) is 44.3 Å². The Kier molecular flexibility index (Phi) is 4.36. The number of hydrogen-bond donors (Lipinski definition) is 1. The predicted octanol–water partition coefficient (Wildman–Crippen LogP) is 1.74. The standard InChI is InChI=1S/C14H18N2O2/c1-18-10-8-15-14(17)16-9-7-13(11-16)12-5-3-2-4-6-12/h2-7H,8-11H2,1H3,(H,15,17). The van der Waals surface area contributed by atoms with Crippen LogP contribution in [0.5, 0.6) is 0 Å². The molecule has 0 aliphatic carbocycles. The molecule has 0 unspecified atom stereocenters. The highest BCUT2D eigenvalue weighted by molar-refractivity contribution is 5.80. The SMILES string of the molecule is COCCNC(=O)N1CC=C(c2ccccc2)C1. The van der Waals surface area contributed by atoms with Gasteiger partial charge in [0.15, 0.2) is 0 Å². The fourth-order valence-corrected chi connectivity index (χ4v) is 1.94. The van der Waals surface area contributed by atoms with Crippen LogP contribution in [0.15, 0.2) is 36.4 Å². The summed E-state index contributed by atoms with van der Waals surface area (Å²) in [6.45, 7) is 2.43. The van der Waals surface area contributed by atoms with Crippen molar-refractivity contribution in [2.24, 2.45) is 0 Å². The highest BCUT2D eigenvalue weighted by Gasteiger charge is 2.19. The quantitative estimate of drug-likeness (QED) is 0.822. The lowest BCUT2D eigenvalue weighted by Gasteiger charge is -2.17. The van der Waals surface area contributed by atoms with Gasteiger partial charge in [-0.1, -0.05) is 36.4 Å². The molecule has 0 bridgehead atoms. The lowest BCUT2D eigenvalue weighted by Crippen LogP contribution is -2.39. The van der Waals surface area contributed by atoms with Crippen LogP contribution in [0.25, 0.3) is 5.57 Å². The second-order valence-corrected chi connectivity index (χ2v) is 4.20. The minimum Gasteiger partial charge on any atom is -0.383 e. The van der Waals surface area contributed by atoms with E-state index in [1.165, 1.54) is 11.1 Å². The Hall–Kier alpha value is -1.81. The smallest absolute Gasteiger partial charge is 0.318 e. The number of carbonyl (C=O) groups excluding carboxylic acids is 1. The predicted molar refractivity (Wildman–Crippen MR) is 71.3 cm³/mol. The summed E-state index contributed by atoms with van der Waals surface area (Å²) in [5.41, 5.74) is 2.39. The zero-order valence-corrected chi connectivity index (χ0v) is 10.6. The molecule has 1 N–H and O–H groups in total. The zero-order valence-electron chi connectivity index (χ0n) is 10.6. The minimum atomic E-state index is -0.0331. The summed E-state index contributed by atoms with van der Waals surface area (Å²) in [5.74, 6) is 0. The molecule has 0 spiro atoms. The van der Waals surface area contributed by atoms with E-state index in [9.17, 15) is 4.79 Å². The molecule has 0 aromatic heterocycles. The van der Waals surface area contributed by atoms with Gasteiger partial charge in [0.2, 0.25) is 0 Å². The topological polar surface area (TPSA) is 41.6 Å². The third-order valence-corrected chi connectivity index (χ3v) is 2.93. The third kappa shape index (κ3) is 3.11. The van der Waals surface area contributed by atoms with Gasteiger partial charge in [-0.25, -0.2) is 4.79 Å². The number of nitrogens with zero attached hydrogens (tertiary/aromatic N) is 1. The maximum atomic E-state index is 11.8. The number of hydrogen-bond acceptors (Lipinski definition) is 2. The molecule has 1 heterocycles. The molecule has 1 aliphatic heterocycles. The largest absolute Gasteiger partial charge is 0.383 e. The summed E-state index contributed by atoms with van der Waals surface area (Å²) in [7, 11) is 1.62. The zero-order chi connectivity index (χ0) is 12.8. The van der Waals surface area contributed by atoms with Crippen LogP contribution in [0.3, 0.4) is 0 Å². The number of rotatable bonds is 4. The van der Waals surface area contributed by atoms with Crippen LogP contribution >= 0.6 is 0 Å². The first-order valence-electron chi connectivity index (χ1n) is 6.07. The van der Waals surface area contributed by atoms with Gasteiger partial charge in [0.25, 0.3) is 0 Å². The van der Waals surface area contributed by atoms with Crippen LogP contribution in [0.4, 0.5) is 4.79 Å². The number of ether oxygens (including phenoxy) is 1. The first kappa shape index (κ1) is 12.6. The van der Waals surface area contributed by atoms with Crippen molar-refractivity contribution in [3.63, 3.8) is 0 Å². The lowest BCUT2D eigenvalue weighted by molar-refractivity contribution is 0.186. The molecule has 18 heavy (non-hydrogen) atoms. The van der Waals surface area contributed by atoms with Crippen molar-refractivity contribution in [2.45, 2.75) is 0 Å². The molecule has 1 aliphatic rings. The van der Waals surface area contributed by atoms with Crippen LogP contribution in [-0.2, 0) is 4.74 Å². The number of amides is 2. The molecule has 0 atom stereocenters. The Labute approximate surface area is 107 Å². The van der Waals surface area contributed by atoms with E-state index in [0.717, 1.165) is 0 Å². The van der Waals surface area contributed by atoms with Gasteiger partial charge >= 0.3 is 6.03 Å². The Morgan fingerprint density at radius 1 is 1.39 bits per heavy atom. The molecule has 96 valence electrons. The minimum absolute atomic E-state index is 0.0331. The highest BCUT2D eigenvalue weighted by atomic mass is 16.5. The van der Waals surface area contributed by atoms with E-state index in [1.807, 2.05) is 18.2 Å². The van der Waals surface area contributed by atoms with Crippen LogP contribution in [0, 0.1) is 0 Å². The van der Waals surface area contributed by atoms with Crippen molar-refractivity contribution in [3.05, 3.63) is 42.0 Å². The van der Waals surface area contributed by atoms with E-state index in [0.29, 0.717) is 26.2 Å². The highest BCUT2D eigenvalue weighted by Crippen LogP contribution is 2.20. The van der Waals surface area contributed by atoms with Crippen molar-refractivity contribution in [1.82, 2.24) is 10.2 Å². The van der Waals surface area contributed by atoms with Crippen molar-refractivity contribution >= 4 is 11.6 Å². The summed E-state index contributed by atoms with van der Waals surface area (Å²) in [6, 6.07) is 10.1. The van der Waals surface area contributed by atoms with Crippen LogP contribution < -0.4 is 5.32 Å². The normalized spacial score (nSPS) is 14.5. The molecule has 0 saturated heterocycles. The molecule has 1 aromatic carbocycles. The second-order valence-electron chi connectivity index (χ2n) is 4.20. The molecule has 2 rings (SSSR count). The summed E-state index contributed by atoms with van der Waals surface area (Å²) < 4.78 is 4.90. The maximum Gasteiger partial charge on any atom is 0.318 e. The van der Waals surface area contributed by atoms with Gasteiger partial charge in [0.1, 0.15) is 0 Å². The van der Waals surface area contributed by atoms with Crippen molar-refractivity contribution in [1.29, 1.82) is 0 Å². The summed E-state index contributed by atoms with van der Waals surface area (Å²) in [6.07, 6.45) is 2.10. The Bertz CT molecular complexity index is 429. The average molecular weight is 246 g/mol. The molecule has 2 amide bonds. The first-order chi connectivity index (χ1) is 8.81. The molecule has 1 aromatic rings. The number of nitrogens with one attached hydrogen (secondary N) is 1. The van der Waals surface area contributed by atoms with Gasteiger partial charge in [-0.3, -0.25) is 0 Å². The Morgan fingerprint density at radius 2 is 2.17 bits per heavy atom. The number of methoxy groups -OCH3 is 1. The number of benzene rings is 1. The van der Waals surface area contributed by atoms with E-state index in [2.05, 4.69) is 23.5 Å². The van der Waals surface area contributed by atoms with E-state index < -0.39 is 0 Å². The first-order valence-corrected chi connectivity index (χ1v) is 6.07.